The van der Waals surface area contributed by atoms with Crippen molar-refractivity contribution < 1.29 is 13.2 Å². The topological polar surface area (TPSA) is 92.5 Å². The Morgan fingerprint density at radius 3 is 2.54 bits per heavy atom. The fourth-order valence-electron chi connectivity index (χ4n) is 2.88. The number of nitrogens with two attached hydrogens (primary N) is 1. The Labute approximate surface area is 148 Å². The molecular formula is C16H24ClN3O3S. The lowest BCUT2D eigenvalue weighted by Gasteiger charge is -2.36. The van der Waals surface area contributed by atoms with Crippen LogP contribution >= 0.6 is 11.6 Å². The quantitative estimate of drug-likeness (QED) is 0.819. The van der Waals surface area contributed by atoms with Crippen LogP contribution in [0.5, 0.6) is 0 Å². The SMILES string of the molecule is CC(NS(=O)(=O)c1ccc(Cl)cc1)C(=O)N1CCCC(C(C)N)C1. The zero-order valence-electron chi connectivity index (χ0n) is 13.9. The molecule has 1 heterocycles. The Morgan fingerprint density at radius 1 is 1.33 bits per heavy atom. The molecule has 3 atom stereocenters. The van der Waals surface area contributed by atoms with Crippen molar-refractivity contribution in [2.75, 3.05) is 13.1 Å². The maximum absolute atomic E-state index is 12.6. The Kier molecular flexibility index (Phi) is 6.25. The lowest BCUT2D eigenvalue weighted by molar-refractivity contribution is -0.134. The van der Waals surface area contributed by atoms with Gasteiger partial charge < -0.3 is 10.6 Å². The molecule has 0 saturated carbocycles. The highest BCUT2D eigenvalue weighted by molar-refractivity contribution is 7.89. The molecule has 2 rings (SSSR count). The molecule has 1 aromatic rings. The van der Waals surface area contributed by atoms with Crippen LogP contribution in [-0.4, -0.2) is 44.4 Å². The number of nitrogens with one attached hydrogen (secondary N) is 1. The summed E-state index contributed by atoms with van der Waals surface area (Å²) in [7, 11) is -3.77. The molecule has 1 aliphatic rings. The normalized spacial score (nSPS) is 21.3. The molecule has 24 heavy (non-hydrogen) atoms. The molecule has 0 aliphatic carbocycles. The van der Waals surface area contributed by atoms with Crippen molar-refractivity contribution in [3.05, 3.63) is 29.3 Å². The number of hydrogen-bond acceptors (Lipinski definition) is 4. The number of carbonyl (C=O) groups excluding carboxylic acids is 1. The Hall–Kier alpha value is -1.15. The standard InChI is InChI=1S/C16H24ClN3O3S/c1-11(18)13-4-3-9-20(10-13)16(21)12(2)19-24(22,23)15-7-5-14(17)6-8-15/h5-8,11-13,19H,3-4,9-10,18H2,1-2H3. The summed E-state index contributed by atoms with van der Waals surface area (Å²) in [4.78, 5) is 14.3. The zero-order valence-corrected chi connectivity index (χ0v) is 15.5. The summed E-state index contributed by atoms with van der Waals surface area (Å²) in [5, 5.41) is 0.452. The first-order chi connectivity index (χ1) is 11.2. The molecule has 134 valence electrons. The van der Waals surface area contributed by atoms with E-state index in [1.807, 2.05) is 6.92 Å². The van der Waals surface area contributed by atoms with Gasteiger partial charge in [-0.1, -0.05) is 11.6 Å². The molecule has 3 unspecified atom stereocenters. The molecule has 1 saturated heterocycles. The van der Waals surface area contributed by atoms with E-state index >= 15 is 0 Å². The van der Waals surface area contributed by atoms with Gasteiger partial charge in [0.2, 0.25) is 15.9 Å². The molecule has 0 spiro atoms. The fraction of sp³-hybridized carbons (Fsp3) is 0.562. The van der Waals surface area contributed by atoms with Crippen molar-refractivity contribution in [2.45, 2.75) is 43.7 Å². The first-order valence-electron chi connectivity index (χ1n) is 8.03. The van der Waals surface area contributed by atoms with Gasteiger partial charge in [-0.15, -0.1) is 0 Å². The van der Waals surface area contributed by atoms with Crippen LogP contribution in [-0.2, 0) is 14.8 Å². The van der Waals surface area contributed by atoms with E-state index in [1.165, 1.54) is 24.3 Å². The number of piperidine rings is 1. The monoisotopic (exact) mass is 373 g/mol. The molecule has 0 bridgehead atoms. The highest BCUT2D eigenvalue weighted by Gasteiger charge is 2.30. The fourth-order valence-corrected chi connectivity index (χ4v) is 4.20. The van der Waals surface area contributed by atoms with Gasteiger partial charge in [0.1, 0.15) is 0 Å². The third-order valence-electron chi connectivity index (χ3n) is 4.34. The largest absolute Gasteiger partial charge is 0.341 e. The van der Waals surface area contributed by atoms with Gasteiger partial charge in [0.25, 0.3) is 0 Å². The number of likely N-dealkylation sites (tertiary alicyclic amines) is 1. The van der Waals surface area contributed by atoms with Crippen molar-refractivity contribution in [3.8, 4) is 0 Å². The average molecular weight is 374 g/mol. The summed E-state index contributed by atoms with van der Waals surface area (Å²) in [5.41, 5.74) is 5.94. The predicted octanol–water partition coefficient (Wildman–Crippen LogP) is 1.59. The van der Waals surface area contributed by atoms with Crippen LogP contribution in [0.15, 0.2) is 29.2 Å². The van der Waals surface area contributed by atoms with E-state index in [2.05, 4.69) is 4.72 Å². The first kappa shape index (κ1) is 19.2. The second kappa shape index (κ2) is 7.82. The van der Waals surface area contributed by atoms with Crippen LogP contribution in [0.1, 0.15) is 26.7 Å². The highest BCUT2D eigenvalue weighted by Crippen LogP contribution is 2.20. The highest BCUT2D eigenvalue weighted by atomic mass is 35.5. The number of rotatable bonds is 5. The minimum absolute atomic E-state index is 0.0154. The Bertz CT molecular complexity index is 676. The number of benzene rings is 1. The van der Waals surface area contributed by atoms with Crippen molar-refractivity contribution in [1.82, 2.24) is 9.62 Å². The van der Waals surface area contributed by atoms with Crippen molar-refractivity contribution in [3.63, 3.8) is 0 Å². The summed E-state index contributed by atoms with van der Waals surface area (Å²) >= 11 is 5.77. The predicted molar refractivity (Wildman–Crippen MR) is 94.2 cm³/mol. The summed E-state index contributed by atoms with van der Waals surface area (Å²) in [6.07, 6.45) is 1.88. The van der Waals surface area contributed by atoms with E-state index in [9.17, 15) is 13.2 Å². The Balaban J connectivity index is 2.04. The van der Waals surface area contributed by atoms with Crippen LogP contribution in [0.3, 0.4) is 0 Å². The van der Waals surface area contributed by atoms with Crippen LogP contribution in [0.4, 0.5) is 0 Å². The van der Waals surface area contributed by atoms with E-state index in [0.29, 0.717) is 18.1 Å². The molecular weight excluding hydrogens is 350 g/mol. The molecule has 1 aliphatic heterocycles. The first-order valence-corrected chi connectivity index (χ1v) is 9.89. The average Bonchev–Trinajstić information content (AvgIpc) is 2.54. The van der Waals surface area contributed by atoms with Gasteiger partial charge >= 0.3 is 0 Å². The van der Waals surface area contributed by atoms with Crippen molar-refractivity contribution in [2.24, 2.45) is 11.7 Å². The molecule has 8 heteroatoms. The number of carbonyl (C=O) groups is 1. The summed E-state index contributed by atoms with van der Waals surface area (Å²) in [6.45, 7) is 4.70. The third-order valence-corrected chi connectivity index (χ3v) is 6.15. The number of halogens is 1. The molecule has 3 N–H and O–H groups in total. The van der Waals surface area contributed by atoms with E-state index in [-0.39, 0.29) is 22.8 Å². The van der Waals surface area contributed by atoms with Crippen LogP contribution in [0.2, 0.25) is 5.02 Å². The van der Waals surface area contributed by atoms with Crippen molar-refractivity contribution >= 4 is 27.5 Å². The lowest BCUT2D eigenvalue weighted by Crippen LogP contribution is -2.51. The number of hydrogen-bond donors (Lipinski definition) is 2. The van der Waals surface area contributed by atoms with E-state index in [4.69, 9.17) is 17.3 Å². The minimum Gasteiger partial charge on any atom is -0.341 e. The molecule has 1 fully saturated rings. The van der Waals surface area contributed by atoms with Crippen LogP contribution in [0, 0.1) is 5.92 Å². The van der Waals surface area contributed by atoms with Gasteiger partial charge in [0.05, 0.1) is 10.9 Å². The van der Waals surface area contributed by atoms with Gasteiger partial charge in [-0.25, -0.2) is 8.42 Å². The minimum atomic E-state index is -3.77. The van der Waals surface area contributed by atoms with E-state index < -0.39 is 16.1 Å². The third kappa shape index (κ3) is 4.69. The maximum Gasteiger partial charge on any atom is 0.241 e. The molecule has 0 radical (unpaired) electrons. The number of amides is 1. The second-order valence-corrected chi connectivity index (χ2v) is 8.49. The Morgan fingerprint density at radius 2 is 1.96 bits per heavy atom. The lowest BCUT2D eigenvalue weighted by atomic mass is 9.92. The summed E-state index contributed by atoms with van der Waals surface area (Å²) < 4.78 is 27.2. The number of sulfonamides is 1. The maximum atomic E-state index is 12.6. The van der Waals surface area contributed by atoms with Gasteiger partial charge in [-0.2, -0.15) is 4.72 Å². The van der Waals surface area contributed by atoms with E-state index in [1.54, 1.807) is 11.8 Å². The molecule has 1 aromatic carbocycles. The summed E-state index contributed by atoms with van der Waals surface area (Å²) in [6, 6.07) is 5.00. The second-order valence-electron chi connectivity index (χ2n) is 6.34. The smallest absolute Gasteiger partial charge is 0.241 e. The van der Waals surface area contributed by atoms with Gasteiger partial charge in [0, 0.05) is 24.2 Å². The van der Waals surface area contributed by atoms with Gasteiger partial charge in [0.15, 0.2) is 0 Å². The van der Waals surface area contributed by atoms with Gasteiger partial charge in [-0.05, 0) is 56.9 Å². The van der Waals surface area contributed by atoms with Gasteiger partial charge in [-0.3, -0.25) is 4.79 Å². The zero-order chi connectivity index (χ0) is 17.9. The number of nitrogens with zero attached hydrogens (tertiary/aromatic N) is 1. The van der Waals surface area contributed by atoms with Crippen molar-refractivity contribution in [1.29, 1.82) is 0 Å². The van der Waals surface area contributed by atoms with Crippen LogP contribution in [0.25, 0.3) is 0 Å². The van der Waals surface area contributed by atoms with E-state index in [0.717, 1.165) is 12.8 Å². The molecule has 1 amide bonds. The summed E-state index contributed by atoms with van der Waals surface area (Å²) in [5.74, 6) is 0.0284. The van der Waals surface area contributed by atoms with Crippen LogP contribution < -0.4 is 10.5 Å². The molecule has 0 aromatic heterocycles. The molecule has 6 nitrogen and oxygen atoms in total.